The molecule has 0 bridgehead atoms. The molecule has 0 saturated carbocycles. The quantitative estimate of drug-likeness (QED) is 0.783. The molecule has 0 aromatic rings. The molecule has 2 fully saturated rings. The Morgan fingerprint density at radius 1 is 1.33 bits per heavy atom. The van der Waals surface area contributed by atoms with Crippen LogP contribution >= 0.6 is 12.4 Å². The highest BCUT2D eigenvalue weighted by Crippen LogP contribution is 2.16. The zero-order chi connectivity index (χ0) is 12.1. The number of hydrogen-bond acceptors (Lipinski definition) is 3. The largest absolute Gasteiger partial charge is 0.356 e. The predicted molar refractivity (Wildman–Crippen MR) is 76.1 cm³/mol. The fourth-order valence-electron chi connectivity index (χ4n) is 2.59. The normalized spacial score (nSPS) is 22.1. The summed E-state index contributed by atoms with van der Waals surface area (Å²) < 4.78 is 0. The third-order valence-corrected chi connectivity index (χ3v) is 3.96. The highest BCUT2D eigenvalue weighted by molar-refractivity contribution is 5.85. The van der Waals surface area contributed by atoms with Crippen molar-refractivity contribution in [3.63, 3.8) is 0 Å². The summed E-state index contributed by atoms with van der Waals surface area (Å²) in [7, 11) is 0. The Balaban J connectivity index is 0.00000162. The second-order valence-corrected chi connectivity index (χ2v) is 5.39. The number of nitrogens with one attached hydrogen (secondary N) is 2. The summed E-state index contributed by atoms with van der Waals surface area (Å²) in [6.07, 6.45) is 3.72. The van der Waals surface area contributed by atoms with Crippen LogP contribution in [0.3, 0.4) is 0 Å². The van der Waals surface area contributed by atoms with Crippen molar-refractivity contribution >= 4 is 18.3 Å². The van der Waals surface area contributed by atoms with E-state index in [0.29, 0.717) is 5.92 Å². The van der Waals surface area contributed by atoms with Gasteiger partial charge in [0.05, 0.1) is 5.92 Å². The van der Waals surface area contributed by atoms with Gasteiger partial charge in [-0.1, -0.05) is 6.92 Å². The number of halogens is 1. The van der Waals surface area contributed by atoms with E-state index in [0.717, 1.165) is 19.6 Å². The van der Waals surface area contributed by atoms with Gasteiger partial charge in [0, 0.05) is 19.6 Å². The average molecular weight is 276 g/mol. The molecule has 0 aromatic heterocycles. The lowest BCUT2D eigenvalue weighted by Gasteiger charge is -2.32. The predicted octanol–water partition coefficient (Wildman–Crippen LogP) is 0.866. The van der Waals surface area contributed by atoms with Crippen LogP contribution in [0, 0.1) is 11.8 Å². The molecule has 0 spiro atoms. The third-order valence-electron chi connectivity index (χ3n) is 3.96. The first-order valence-corrected chi connectivity index (χ1v) is 7.00. The molecule has 0 unspecified atom stereocenters. The van der Waals surface area contributed by atoms with Crippen molar-refractivity contribution < 1.29 is 4.79 Å². The van der Waals surface area contributed by atoms with Crippen molar-refractivity contribution in [2.45, 2.75) is 26.2 Å². The van der Waals surface area contributed by atoms with E-state index in [4.69, 9.17) is 0 Å². The minimum Gasteiger partial charge on any atom is -0.356 e. The number of carbonyl (C=O) groups is 1. The van der Waals surface area contributed by atoms with Crippen LogP contribution in [0.1, 0.15) is 26.2 Å². The minimum absolute atomic E-state index is 0. The minimum atomic E-state index is 0. The molecule has 2 aliphatic heterocycles. The molecule has 2 N–H and O–H groups in total. The smallest absolute Gasteiger partial charge is 0.225 e. The van der Waals surface area contributed by atoms with E-state index in [9.17, 15) is 4.79 Å². The lowest BCUT2D eigenvalue weighted by molar-refractivity contribution is -0.126. The number of nitrogens with zero attached hydrogens (tertiary/aromatic N) is 1. The number of rotatable bonds is 5. The van der Waals surface area contributed by atoms with E-state index in [1.165, 1.54) is 38.9 Å². The second kappa shape index (κ2) is 7.97. The zero-order valence-corrected chi connectivity index (χ0v) is 12.1. The van der Waals surface area contributed by atoms with Crippen molar-refractivity contribution in [2.24, 2.45) is 11.8 Å². The van der Waals surface area contributed by atoms with E-state index in [2.05, 4.69) is 22.5 Å². The van der Waals surface area contributed by atoms with Gasteiger partial charge >= 0.3 is 0 Å². The monoisotopic (exact) mass is 275 g/mol. The lowest BCUT2D eigenvalue weighted by atomic mass is 9.96. The third kappa shape index (κ3) is 4.41. The maximum Gasteiger partial charge on any atom is 0.225 e. The summed E-state index contributed by atoms with van der Waals surface area (Å²) >= 11 is 0. The van der Waals surface area contributed by atoms with E-state index in [1.807, 2.05) is 0 Å². The summed E-state index contributed by atoms with van der Waals surface area (Å²) in [5.74, 6) is 1.18. The number of piperidine rings is 1. The van der Waals surface area contributed by atoms with Crippen LogP contribution in [0.15, 0.2) is 0 Å². The Labute approximate surface area is 116 Å². The fourth-order valence-corrected chi connectivity index (χ4v) is 2.59. The van der Waals surface area contributed by atoms with Crippen LogP contribution in [0.4, 0.5) is 0 Å². The van der Waals surface area contributed by atoms with Crippen molar-refractivity contribution in [3.8, 4) is 0 Å². The number of hydrogen-bond donors (Lipinski definition) is 2. The van der Waals surface area contributed by atoms with E-state index < -0.39 is 0 Å². The Kier molecular flexibility index (Phi) is 6.97. The SMILES string of the molecule is CCCN1CCC(CNC(=O)C2CNC2)CC1.Cl. The van der Waals surface area contributed by atoms with Crippen LogP contribution in [0.25, 0.3) is 0 Å². The molecular formula is C13H26ClN3O. The van der Waals surface area contributed by atoms with Gasteiger partial charge in [-0.15, -0.1) is 12.4 Å². The molecule has 106 valence electrons. The fraction of sp³-hybridized carbons (Fsp3) is 0.923. The van der Waals surface area contributed by atoms with Gasteiger partial charge < -0.3 is 15.5 Å². The number of amides is 1. The van der Waals surface area contributed by atoms with Gasteiger partial charge in [0.25, 0.3) is 0 Å². The highest BCUT2D eigenvalue weighted by Gasteiger charge is 2.25. The van der Waals surface area contributed by atoms with Crippen LogP contribution < -0.4 is 10.6 Å². The molecule has 1 amide bonds. The first kappa shape index (κ1) is 15.7. The first-order chi connectivity index (χ1) is 8.29. The van der Waals surface area contributed by atoms with Gasteiger partial charge in [-0.2, -0.15) is 0 Å². The average Bonchev–Trinajstić information content (AvgIpc) is 2.26. The van der Waals surface area contributed by atoms with E-state index in [1.54, 1.807) is 0 Å². The van der Waals surface area contributed by atoms with Crippen LogP contribution in [-0.4, -0.2) is 50.1 Å². The molecular weight excluding hydrogens is 250 g/mol. The molecule has 18 heavy (non-hydrogen) atoms. The van der Waals surface area contributed by atoms with Crippen molar-refractivity contribution in [2.75, 3.05) is 39.3 Å². The number of carbonyl (C=O) groups excluding carboxylic acids is 1. The summed E-state index contributed by atoms with van der Waals surface area (Å²) in [6, 6.07) is 0. The van der Waals surface area contributed by atoms with Crippen molar-refractivity contribution in [1.82, 2.24) is 15.5 Å². The Hall–Kier alpha value is -0.320. The molecule has 2 saturated heterocycles. The Bertz CT molecular complexity index is 251. The van der Waals surface area contributed by atoms with E-state index in [-0.39, 0.29) is 24.2 Å². The van der Waals surface area contributed by atoms with Crippen LogP contribution in [0.5, 0.6) is 0 Å². The van der Waals surface area contributed by atoms with Crippen LogP contribution in [0.2, 0.25) is 0 Å². The maximum atomic E-state index is 11.7. The topological polar surface area (TPSA) is 44.4 Å². The maximum absolute atomic E-state index is 11.7. The summed E-state index contributed by atoms with van der Waals surface area (Å²) in [4.78, 5) is 14.2. The summed E-state index contributed by atoms with van der Waals surface area (Å²) in [5, 5.41) is 6.24. The molecule has 0 aliphatic carbocycles. The molecule has 4 nitrogen and oxygen atoms in total. The molecule has 2 aliphatic rings. The highest BCUT2D eigenvalue weighted by atomic mass is 35.5. The van der Waals surface area contributed by atoms with Crippen molar-refractivity contribution in [3.05, 3.63) is 0 Å². The van der Waals surface area contributed by atoms with Crippen molar-refractivity contribution in [1.29, 1.82) is 0 Å². The first-order valence-electron chi connectivity index (χ1n) is 7.00. The molecule has 0 atom stereocenters. The molecule has 2 heterocycles. The lowest BCUT2D eigenvalue weighted by Crippen LogP contribution is -2.51. The zero-order valence-electron chi connectivity index (χ0n) is 11.3. The Morgan fingerprint density at radius 2 is 2.00 bits per heavy atom. The van der Waals surface area contributed by atoms with Gasteiger partial charge in [0.1, 0.15) is 0 Å². The van der Waals surface area contributed by atoms with E-state index >= 15 is 0 Å². The summed E-state index contributed by atoms with van der Waals surface area (Å²) in [5.41, 5.74) is 0. The van der Waals surface area contributed by atoms with Gasteiger partial charge in [0.2, 0.25) is 5.91 Å². The molecule has 0 radical (unpaired) electrons. The van der Waals surface area contributed by atoms with Gasteiger partial charge in [-0.05, 0) is 44.8 Å². The second-order valence-electron chi connectivity index (χ2n) is 5.39. The number of likely N-dealkylation sites (tertiary alicyclic amines) is 1. The standard InChI is InChI=1S/C13H25N3O.ClH/c1-2-5-16-6-3-11(4-7-16)8-15-13(17)12-9-14-10-12;/h11-12,14H,2-10H2,1H3,(H,15,17);1H. The molecule has 2 rings (SSSR count). The van der Waals surface area contributed by atoms with Gasteiger partial charge in [-0.25, -0.2) is 0 Å². The summed E-state index contributed by atoms with van der Waals surface area (Å²) in [6.45, 7) is 8.49. The molecule has 0 aromatic carbocycles. The van der Waals surface area contributed by atoms with Gasteiger partial charge in [0.15, 0.2) is 0 Å². The van der Waals surface area contributed by atoms with Crippen LogP contribution in [-0.2, 0) is 4.79 Å². The molecule has 5 heteroatoms. The van der Waals surface area contributed by atoms with Gasteiger partial charge in [-0.3, -0.25) is 4.79 Å². The Morgan fingerprint density at radius 3 is 2.50 bits per heavy atom.